The van der Waals surface area contributed by atoms with Crippen LogP contribution in [0.25, 0.3) is 0 Å². The molecule has 0 spiro atoms. The first-order valence-electron chi connectivity index (χ1n) is 7.14. The van der Waals surface area contributed by atoms with Crippen molar-refractivity contribution >= 4 is 40.2 Å². The maximum Gasteiger partial charge on any atom is 0.256 e. The molecule has 118 valence electrons. The van der Waals surface area contributed by atoms with Gasteiger partial charge >= 0.3 is 0 Å². The number of nitrogen functional groups attached to an aromatic ring is 1. The molecule has 0 radical (unpaired) electrons. The van der Waals surface area contributed by atoms with Gasteiger partial charge in [-0.3, -0.25) is 9.59 Å². The Balaban J connectivity index is 1.81. The zero-order chi connectivity index (χ0) is 16.4. The highest BCUT2D eigenvalue weighted by Gasteiger charge is 2.22. The van der Waals surface area contributed by atoms with Gasteiger partial charge in [-0.15, -0.1) is 0 Å². The number of nitrogens with one attached hydrogen (secondary N) is 2. The van der Waals surface area contributed by atoms with E-state index in [-0.39, 0.29) is 17.7 Å². The fourth-order valence-electron chi connectivity index (χ4n) is 2.43. The van der Waals surface area contributed by atoms with Crippen molar-refractivity contribution in [3.8, 4) is 0 Å². The lowest BCUT2D eigenvalue weighted by molar-refractivity contribution is -0.121. The SMILES string of the molecule is CC1CC(=O)NN=C1c1ccc(NC(=O)c2ccsc2)c(N)c1. The number of carbonyl (C=O) groups excluding carboxylic acids is 2. The zero-order valence-electron chi connectivity index (χ0n) is 12.5. The Hall–Kier alpha value is -2.67. The molecule has 1 aromatic carbocycles. The van der Waals surface area contributed by atoms with E-state index < -0.39 is 0 Å². The van der Waals surface area contributed by atoms with Crippen molar-refractivity contribution < 1.29 is 9.59 Å². The van der Waals surface area contributed by atoms with Crippen LogP contribution in [0, 0.1) is 5.92 Å². The maximum atomic E-state index is 12.1. The van der Waals surface area contributed by atoms with E-state index >= 15 is 0 Å². The Morgan fingerprint density at radius 1 is 1.43 bits per heavy atom. The zero-order valence-corrected chi connectivity index (χ0v) is 13.3. The summed E-state index contributed by atoms with van der Waals surface area (Å²) in [7, 11) is 0. The van der Waals surface area contributed by atoms with E-state index in [2.05, 4.69) is 15.8 Å². The van der Waals surface area contributed by atoms with Gasteiger partial charge in [-0.2, -0.15) is 16.4 Å². The fourth-order valence-corrected chi connectivity index (χ4v) is 3.06. The summed E-state index contributed by atoms with van der Waals surface area (Å²) in [5, 5.41) is 10.5. The van der Waals surface area contributed by atoms with Crippen LogP contribution < -0.4 is 16.5 Å². The van der Waals surface area contributed by atoms with Crippen LogP contribution in [0.5, 0.6) is 0 Å². The van der Waals surface area contributed by atoms with Gasteiger partial charge in [-0.25, -0.2) is 5.43 Å². The predicted octanol–water partition coefficient (Wildman–Crippen LogP) is 2.44. The van der Waals surface area contributed by atoms with Gasteiger partial charge in [-0.05, 0) is 23.6 Å². The molecule has 7 heteroatoms. The molecule has 1 unspecified atom stereocenters. The number of hydrogen-bond donors (Lipinski definition) is 3. The molecular weight excluding hydrogens is 312 g/mol. The highest BCUT2D eigenvalue weighted by atomic mass is 32.1. The molecule has 1 aliphatic heterocycles. The third-order valence-electron chi connectivity index (χ3n) is 3.64. The Kier molecular flexibility index (Phi) is 4.12. The van der Waals surface area contributed by atoms with Crippen molar-refractivity contribution in [1.29, 1.82) is 0 Å². The second-order valence-corrected chi connectivity index (χ2v) is 6.19. The summed E-state index contributed by atoms with van der Waals surface area (Å²) in [5.41, 5.74) is 11.8. The van der Waals surface area contributed by atoms with Gasteiger partial charge in [0.1, 0.15) is 0 Å². The molecule has 6 nitrogen and oxygen atoms in total. The van der Waals surface area contributed by atoms with Crippen LogP contribution in [0.15, 0.2) is 40.1 Å². The third kappa shape index (κ3) is 3.24. The molecule has 0 saturated carbocycles. The molecule has 0 aliphatic carbocycles. The molecule has 23 heavy (non-hydrogen) atoms. The molecule has 0 fully saturated rings. The van der Waals surface area contributed by atoms with Crippen LogP contribution >= 0.6 is 11.3 Å². The van der Waals surface area contributed by atoms with Gasteiger partial charge in [0.05, 0.1) is 22.6 Å². The van der Waals surface area contributed by atoms with Crippen LogP contribution in [0.1, 0.15) is 29.3 Å². The lowest BCUT2D eigenvalue weighted by atomic mass is 9.93. The van der Waals surface area contributed by atoms with E-state index in [1.165, 1.54) is 11.3 Å². The first-order valence-corrected chi connectivity index (χ1v) is 8.08. The van der Waals surface area contributed by atoms with Crippen LogP contribution in [0.2, 0.25) is 0 Å². The Morgan fingerprint density at radius 2 is 2.26 bits per heavy atom. The molecule has 2 heterocycles. The number of nitrogens with two attached hydrogens (primary N) is 1. The Labute approximate surface area is 137 Å². The number of nitrogens with zero attached hydrogens (tertiary/aromatic N) is 1. The normalized spacial score (nSPS) is 17.3. The first-order chi connectivity index (χ1) is 11.0. The van der Waals surface area contributed by atoms with E-state index in [1.807, 2.05) is 18.4 Å². The summed E-state index contributed by atoms with van der Waals surface area (Å²) in [6, 6.07) is 7.11. The summed E-state index contributed by atoms with van der Waals surface area (Å²) >= 11 is 1.46. The highest BCUT2D eigenvalue weighted by molar-refractivity contribution is 7.08. The van der Waals surface area contributed by atoms with Gasteiger partial charge in [0.2, 0.25) is 5.91 Å². The minimum atomic E-state index is -0.193. The topological polar surface area (TPSA) is 96.6 Å². The van der Waals surface area contributed by atoms with Crippen LogP contribution in [-0.2, 0) is 4.79 Å². The summed E-state index contributed by atoms with van der Waals surface area (Å²) in [5.74, 6) is -0.260. The number of carbonyl (C=O) groups is 2. The van der Waals surface area contributed by atoms with Crippen molar-refractivity contribution in [2.75, 3.05) is 11.1 Å². The van der Waals surface area contributed by atoms with Crippen molar-refractivity contribution in [3.63, 3.8) is 0 Å². The average Bonchev–Trinajstić information content (AvgIpc) is 3.04. The van der Waals surface area contributed by atoms with Crippen molar-refractivity contribution in [2.24, 2.45) is 11.0 Å². The fraction of sp³-hybridized carbons (Fsp3) is 0.188. The summed E-state index contributed by atoms with van der Waals surface area (Å²) in [4.78, 5) is 23.4. The number of benzene rings is 1. The average molecular weight is 328 g/mol. The van der Waals surface area contributed by atoms with E-state index in [4.69, 9.17) is 5.73 Å². The van der Waals surface area contributed by atoms with Crippen molar-refractivity contribution in [3.05, 3.63) is 46.2 Å². The van der Waals surface area contributed by atoms with Gasteiger partial charge in [0.25, 0.3) is 5.91 Å². The van der Waals surface area contributed by atoms with E-state index in [1.54, 1.807) is 23.6 Å². The molecule has 3 rings (SSSR count). The Morgan fingerprint density at radius 3 is 2.91 bits per heavy atom. The third-order valence-corrected chi connectivity index (χ3v) is 4.32. The predicted molar refractivity (Wildman–Crippen MR) is 91.6 cm³/mol. The standard InChI is InChI=1S/C16H16N4O2S/c1-9-6-14(21)19-20-15(9)10-2-3-13(12(17)7-10)18-16(22)11-4-5-23-8-11/h2-5,7-9H,6,17H2,1H3,(H,18,22)(H,19,21). The second-order valence-electron chi connectivity index (χ2n) is 5.41. The van der Waals surface area contributed by atoms with Gasteiger partial charge in [0.15, 0.2) is 0 Å². The van der Waals surface area contributed by atoms with E-state index in [0.29, 0.717) is 23.4 Å². The number of thiophene rings is 1. The monoisotopic (exact) mass is 328 g/mol. The molecule has 2 amide bonds. The summed E-state index contributed by atoms with van der Waals surface area (Å²) in [6.07, 6.45) is 0.398. The van der Waals surface area contributed by atoms with Crippen molar-refractivity contribution in [1.82, 2.24) is 5.43 Å². The quantitative estimate of drug-likeness (QED) is 0.755. The molecule has 1 aromatic heterocycles. The maximum absolute atomic E-state index is 12.1. The van der Waals surface area contributed by atoms with Gasteiger partial charge < -0.3 is 11.1 Å². The van der Waals surface area contributed by atoms with Crippen LogP contribution in [-0.4, -0.2) is 17.5 Å². The lowest BCUT2D eigenvalue weighted by Gasteiger charge is -2.20. The number of amides is 2. The molecule has 1 atom stereocenters. The summed E-state index contributed by atoms with van der Waals surface area (Å²) in [6.45, 7) is 1.94. The highest BCUT2D eigenvalue weighted by Crippen LogP contribution is 2.24. The van der Waals surface area contributed by atoms with Crippen LogP contribution in [0.4, 0.5) is 11.4 Å². The number of hydrazone groups is 1. The van der Waals surface area contributed by atoms with Gasteiger partial charge in [-0.1, -0.05) is 13.0 Å². The van der Waals surface area contributed by atoms with Crippen LogP contribution in [0.3, 0.4) is 0 Å². The molecule has 4 N–H and O–H groups in total. The number of anilines is 2. The van der Waals surface area contributed by atoms with Gasteiger partial charge in [0, 0.05) is 23.3 Å². The minimum Gasteiger partial charge on any atom is -0.397 e. The second kappa shape index (κ2) is 6.21. The summed E-state index contributed by atoms with van der Waals surface area (Å²) < 4.78 is 0. The molecule has 1 aliphatic rings. The minimum absolute atomic E-state index is 0.0226. The first kappa shape index (κ1) is 15.2. The Bertz CT molecular complexity index is 783. The number of rotatable bonds is 3. The molecular formula is C16H16N4O2S. The number of hydrogen-bond acceptors (Lipinski definition) is 5. The van der Waals surface area contributed by atoms with E-state index in [9.17, 15) is 9.59 Å². The molecule has 0 saturated heterocycles. The smallest absolute Gasteiger partial charge is 0.256 e. The van der Waals surface area contributed by atoms with E-state index in [0.717, 1.165) is 11.3 Å². The molecule has 2 aromatic rings. The van der Waals surface area contributed by atoms with Crippen molar-refractivity contribution in [2.45, 2.75) is 13.3 Å². The largest absolute Gasteiger partial charge is 0.397 e. The lowest BCUT2D eigenvalue weighted by Crippen LogP contribution is -2.32. The molecule has 0 bridgehead atoms.